The van der Waals surface area contributed by atoms with Gasteiger partial charge in [-0.25, -0.2) is 0 Å². The first-order valence-electron chi connectivity index (χ1n) is 11.0. The van der Waals surface area contributed by atoms with Crippen molar-refractivity contribution < 1.29 is 28.6 Å². The Morgan fingerprint density at radius 3 is 2.19 bits per heavy atom. The predicted octanol–water partition coefficient (Wildman–Crippen LogP) is 2.68. The Morgan fingerprint density at radius 2 is 1.56 bits per heavy atom. The third-order valence-corrected chi connectivity index (χ3v) is 3.56. The predicted molar refractivity (Wildman–Crippen MR) is 125 cm³/mol. The zero-order valence-corrected chi connectivity index (χ0v) is 20.1. The standard InChI is InChI=1S/C21H33N3O6.C2H6/c1-4-22-20(25)9-11-27-13-14-28-12-10-23-21(26)16-29-19-7-5-18(6-8-19)15-30-24-17(2)3;1-2/h5-8H,4,9-16H2,1-3H3,(H,22,25)(H,23,26);1-2H3. The SMILES string of the molecule is CC.CCNC(=O)CCOCCOCCNC(=O)COc1ccc(CON=C(C)C)cc1. The average Bonchev–Trinajstić information content (AvgIpc) is 2.78. The minimum Gasteiger partial charge on any atom is -0.484 e. The van der Waals surface area contributed by atoms with Crippen LogP contribution >= 0.6 is 0 Å². The molecule has 0 aromatic heterocycles. The summed E-state index contributed by atoms with van der Waals surface area (Å²) in [5.74, 6) is 0.354. The first-order valence-corrected chi connectivity index (χ1v) is 11.0. The lowest BCUT2D eigenvalue weighted by Crippen LogP contribution is -2.31. The molecule has 0 bridgehead atoms. The smallest absolute Gasteiger partial charge is 0.258 e. The highest BCUT2D eigenvalue weighted by Crippen LogP contribution is 2.12. The highest BCUT2D eigenvalue weighted by atomic mass is 16.6. The fourth-order valence-corrected chi connectivity index (χ4v) is 2.15. The van der Waals surface area contributed by atoms with E-state index in [9.17, 15) is 9.59 Å². The summed E-state index contributed by atoms with van der Waals surface area (Å²) in [7, 11) is 0. The van der Waals surface area contributed by atoms with Crippen LogP contribution in [0.4, 0.5) is 0 Å². The summed E-state index contributed by atoms with van der Waals surface area (Å²) < 4.78 is 16.1. The number of oxime groups is 1. The van der Waals surface area contributed by atoms with Crippen LogP contribution in [0, 0.1) is 0 Å². The molecule has 0 aliphatic rings. The quantitative estimate of drug-likeness (QED) is 0.226. The number of nitrogens with one attached hydrogen (secondary N) is 2. The Bertz CT molecular complexity index is 646. The second-order valence-corrected chi connectivity index (χ2v) is 6.52. The summed E-state index contributed by atoms with van der Waals surface area (Å²) in [6, 6.07) is 7.28. The van der Waals surface area contributed by atoms with Crippen LogP contribution in [0.25, 0.3) is 0 Å². The number of benzene rings is 1. The maximum absolute atomic E-state index is 11.8. The molecular weight excluding hydrogens is 414 g/mol. The van der Waals surface area contributed by atoms with Gasteiger partial charge >= 0.3 is 0 Å². The van der Waals surface area contributed by atoms with Crippen molar-refractivity contribution in [1.82, 2.24) is 10.6 Å². The first-order chi connectivity index (χ1) is 15.5. The molecule has 2 amide bonds. The van der Waals surface area contributed by atoms with Crippen LogP contribution in [0.3, 0.4) is 0 Å². The van der Waals surface area contributed by atoms with Crippen LogP contribution in [0.15, 0.2) is 29.4 Å². The molecule has 9 heteroatoms. The molecule has 0 saturated carbocycles. The number of amides is 2. The van der Waals surface area contributed by atoms with Gasteiger partial charge in [-0.05, 0) is 38.5 Å². The summed E-state index contributed by atoms with van der Waals surface area (Å²) >= 11 is 0. The number of rotatable bonds is 16. The molecule has 0 radical (unpaired) electrons. The van der Waals surface area contributed by atoms with Crippen LogP contribution in [0.2, 0.25) is 0 Å². The summed E-state index contributed by atoms with van der Waals surface area (Å²) in [6.07, 6.45) is 0.341. The van der Waals surface area contributed by atoms with E-state index in [1.807, 2.05) is 46.8 Å². The summed E-state index contributed by atoms with van der Waals surface area (Å²) in [4.78, 5) is 28.2. The van der Waals surface area contributed by atoms with Gasteiger partial charge in [-0.15, -0.1) is 0 Å². The van der Waals surface area contributed by atoms with E-state index >= 15 is 0 Å². The van der Waals surface area contributed by atoms with Gasteiger partial charge in [0.15, 0.2) is 6.61 Å². The van der Waals surface area contributed by atoms with Crippen molar-refractivity contribution in [3.05, 3.63) is 29.8 Å². The third kappa shape index (κ3) is 17.1. The molecule has 2 N–H and O–H groups in total. The largest absolute Gasteiger partial charge is 0.484 e. The average molecular weight is 454 g/mol. The Hall–Kier alpha value is -2.65. The zero-order valence-electron chi connectivity index (χ0n) is 20.1. The fourth-order valence-electron chi connectivity index (χ4n) is 2.15. The van der Waals surface area contributed by atoms with E-state index in [-0.39, 0.29) is 18.4 Å². The van der Waals surface area contributed by atoms with Crippen molar-refractivity contribution in [2.24, 2.45) is 5.16 Å². The van der Waals surface area contributed by atoms with Gasteiger partial charge in [0.2, 0.25) is 5.91 Å². The van der Waals surface area contributed by atoms with E-state index in [1.165, 1.54) is 0 Å². The molecule has 0 fully saturated rings. The van der Waals surface area contributed by atoms with E-state index < -0.39 is 0 Å². The lowest BCUT2D eigenvalue weighted by molar-refractivity contribution is -0.123. The van der Waals surface area contributed by atoms with Crippen LogP contribution in [0.5, 0.6) is 5.75 Å². The lowest BCUT2D eigenvalue weighted by Gasteiger charge is -2.09. The van der Waals surface area contributed by atoms with Gasteiger partial charge in [0, 0.05) is 19.5 Å². The summed E-state index contributed by atoms with van der Waals surface area (Å²) in [5.41, 5.74) is 1.81. The topological polar surface area (TPSA) is 107 Å². The number of nitrogens with zero attached hydrogens (tertiary/aromatic N) is 1. The van der Waals surface area contributed by atoms with Gasteiger partial charge < -0.3 is 29.7 Å². The van der Waals surface area contributed by atoms with Crippen LogP contribution < -0.4 is 15.4 Å². The molecular formula is C23H39N3O6. The second kappa shape index (κ2) is 20.3. The fraction of sp³-hybridized carbons (Fsp3) is 0.609. The van der Waals surface area contributed by atoms with Crippen molar-refractivity contribution in [2.75, 3.05) is 46.1 Å². The van der Waals surface area contributed by atoms with Crippen LogP contribution in [-0.4, -0.2) is 63.6 Å². The molecule has 0 unspecified atom stereocenters. The van der Waals surface area contributed by atoms with Crippen molar-refractivity contribution in [3.8, 4) is 5.75 Å². The van der Waals surface area contributed by atoms with Crippen molar-refractivity contribution in [2.45, 2.75) is 47.6 Å². The highest BCUT2D eigenvalue weighted by Gasteiger charge is 2.03. The molecule has 0 aliphatic heterocycles. The van der Waals surface area contributed by atoms with Gasteiger partial charge in [0.1, 0.15) is 12.4 Å². The number of hydrogen-bond donors (Lipinski definition) is 2. The maximum atomic E-state index is 11.8. The molecule has 0 heterocycles. The lowest BCUT2D eigenvalue weighted by atomic mass is 10.2. The number of carbonyl (C=O) groups is 2. The van der Waals surface area contributed by atoms with Gasteiger partial charge in [-0.2, -0.15) is 0 Å². The maximum Gasteiger partial charge on any atom is 0.258 e. The third-order valence-electron chi connectivity index (χ3n) is 3.56. The van der Waals surface area contributed by atoms with E-state index in [1.54, 1.807) is 12.1 Å². The van der Waals surface area contributed by atoms with Gasteiger partial charge in [0.25, 0.3) is 5.91 Å². The Labute approximate surface area is 191 Å². The Kier molecular flexibility index (Phi) is 18.6. The van der Waals surface area contributed by atoms with E-state index in [0.717, 1.165) is 11.3 Å². The molecule has 1 aromatic rings. The van der Waals surface area contributed by atoms with E-state index in [4.69, 9.17) is 19.0 Å². The van der Waals surface area contributed by atoms with Gasteiger partial charge in [-0.3, -0.25) is 9.59 Å². The van der Waals surface area contributed by atoms with Crippen LogP contribution in [-0.2, 0) is 30.5 Å². The molecule has 1 rings (SSSR count). The molecule has 0 saturated heterocycles. The monoisotopic (exact) mass is 453 g/mol. The zero-order chi connectivity index (χ0) is 24.0. The molecule has 9 nitrogen and oxygen atoms in total. The normalized spacial score (nSPS) is 9.78. The number of hydrogen-bond acceptors (Lipinski definition) is 7. The second-order valence-electron chi connectivity index (χ2n) is 6.52. The van der Waals surface area contributed by atoms with E-state index in [2.05, 4.69) is 15.8 Å². The summed E-state index contributed by atoms with van der Waals surface area (Å²) in [6.45, 7) is 12.5. The summed E-state index contributed by atoms with van der Waals surface area (Å²) in [5, 5.41) is 9.29. The minimum absolute atomic E-state index is 0.0231. The molecule has 0 aliphatic carbocycles. The number of carbonyl (C=O) groups excluding carboxylic acids is 2. The molecule has 0 atom stereocenters. The minimum atomic E-state index is -0.225. The van der Waals surface area contributed by atoms with E-state index in [0.29, 0.717) is 58.3 Å². The molecule has 182 valence electrons. The van der Waals surface area contributed by atoms with Gasteiger partial charge in [-0.1, -0.05) is 31.1 Å². The van der Waals surface area contributed by atoms with Gasteiger partial charge in [0.05, 0.1) is 32.1 Å². The van der Waals surface area contributed by atoms with Crippen molar-refractivity contribution in [3.63, 3.8) is 0 Å². The Balaban J connectivity index is 0.00000466. The highest BCUT2D eigenvalue weighted by molar-refractivity contribution is 5.78. The Morgan fingerprint density at radius 1 is 0.906 bits per heavy atom. The van der Waals surface area contributed by atoms with Crippen molar-refractivity contribution in [1.29, 1.82) is 0 Å². The number of ether oxygens (including phenoxy) is 3. The molecule has 0 spiro atoms. The van der Waals surface area contributed by atoms with Crippen LogP contribution in [0.1, 0.15) is 46.6 Å². The van der Waals surface area contributed by atoms with Crippen molar-refractivity contribution >= 4 is 17.5 Å². The molecule has 1 aromatic carbocycles. The molecule has 32 heavy (non-hydrogen) atoms. The first kappa shape index (κ1) is 29.4.